The molecule has 2 aromatic carbocycles. The van der Waals surface area contributed by atoms with Crippen LogP contribution in [0.5, 0.6) is 11.5 Å². The maximum Gasteiger partial charge on any atom is 0.315 e. The lowest BCUT2D eigenvalue weighted by molar-refractivity contribution is -0.147. The van der Waals surface area contributed by atoms with E-state index in [2.05, 4.69) is 11.9 Å². The van der Waals surface area contributed by atoms with Gasteiger partial charge in [0.25, 0.3) is 0 Å². The van der Waals surface area contributed by atoms with Crippen LogP contribution in [0.1, 0.15) is 42.7 Å². The van der Waals surface area contributed by atoms with E-state index in [-0.39, 0.29) is 24.7 Å². The Morgan fingerprint density at radius 2 is 1.83 bits per heavy atom. The van der Waals surface area contributed by atoms with Gasteiger partial charge in [-0.2, -0.15) is 0 Å². The van der Waals surface area contributed by atoms with Crippen LogP contribution in [0.3, 0.4) is 0 Å². The van der Waals surface area contributed by atoms with Crippen molar-refractivity contribution >= 4 is 35.0 Å². The number of rotatable bonds is 6. The third-order valence-electron chi connectivity index (χ3n) is 6.56. The van der Waals surface area contributed by atoms with Crippen LogP contribution >= 0.6 is 23.2 Å². The summed E-state index contributed by atoms with van der Waals surface area (Å²) in [6.07, 6.45) is 0.840. The van der Waals surface area contributed by atoms with Crippen molar-refractivity contribution in [2.75, 3.05) is 20.8 Å². The molecular weight excluding hydrogens is 489 g/mol. The van der Waals surface area contributed by atoms with Crippen molar-refractivity contribution in [2.24, 2.45) is 5.92 Å². The van der Waals surface area contributed by atoms with Crippen LogP contribution in [0, 0.1) is 5.92 Å². The van der Waals surface area contributed by atoms with Crippen LogP contribution in [0.25, 0.3) is 0 Å². The number of benzene rings is 2. The monoisotopic (exact) mass is 515 g/mol. The van der Waals surface area contributed by atoms with Crippen molar-refractivity contribution in [3.63, 3.8) is 0 Å². The van der Waals surface area contributed by atoms with Gasteiger partial charge in [-0.05, 0) is 54.7 Å². The van der Waals surface area contributed by atoms with Gasteiger partial charge >= 0.3 is 5.97 Å². The number of ether oxygens (including phenoxy) is 3. The zero-order chi connectivity index (χ0) is 25.3. The van der Waals surface area contributed by atoms with Crippen LogP contribution in [0.15, 0.2) is 59.9 Å². The third-order valence-corrected chi connectivity index (χ3v) is 7.12. The lowest BCUT2D eigenvalue weighted by Gasteiger charge is -2.40. The van der Waals surface area contributed by atoms with E-state index in [1.807, 2.05) is 18.2 Å². The topological polar surface area (TPSA) is 73.9 Å². The average molecular weight is 516 g/mol. The highest BCUT2D eigenvalue weighted by Gasteiger charge is 2.46. The number of esters is 1. The van der Waals surface area contributed by atoms with E-state index in [9.17, 15) is 9.59 Å². The fourth-order valence-corrected chi connectivity index (χ4v) is 5.52. The van der Waals surface area contributed by atoms with Crippen molar-refractivity contribution < 1.29 is 23.8 Å². The molecule has 0 saturated heterocycles. The number of hydrogen-bond acceptors (Lipinski definition) is 6. The molecule has 3 atom stereocenters. The summed E-state index contributed by atoms with van der Waals surface area (Å²) in [5, 5.41) is 4.11. The summed E-state index contributed by atoms with van der Waals surface area (Å²) in [4.78, 5) is 26.7. The van der Waals surface area contributed by atoms with Gasteiger partial charge < -0.3 is 19.5 Å². The van der Waals surface area contributed by atoms with Gasteiger partial charge in [0.2, 0.25) is 0 Å². The molecule has 8 heteroatoms. The number of ketones is 1. The highest BCUT2D eigenvalue weighted by Crippen LogP contribution is 2.49. The first-order valence-corrected chi connectivity index (χ1v) is 12.1. The Balaban J connectivity index is 1.80. The van der Waals surface area contributed by atoms with Crippen molar-refractivity contribution in [3.05, 3.63) is 81.1 Å². The van der Waals surface area contributed by atoms with Crippen molar-refractivity contribution in [3.8, 4) is 11.5 Å². The van der Waals surface area contributed by atoms with Gasteiger partial charge in [0.05, 0.1) is 20.8 Å². The van der Waals surface area contributed by atoms with Gasteiger partial charge in [-0.1, -0.05) is 41.9 Å². The van der Waals surface area contributed by atoms with E-state index < -0.39 is 17.8 Å². The van der Waals surface area contributed by atoms with Gasteiger partial charge in [0, 0.05) is 39.4 Å². The molecule has 184 valence electrons. The molecule has 1 N–H and O–H groups in total. The standard InChI is InChI=1S/C27H27Cl2NO5/c1-5-35-27(32)24-14(2)30-20-10-16(15-6-9-22(33-3)23(12-15)34-4)11-21(31)26(20)25(24)18-8-7-17(28)13-19(18)29/h6-9,12-13,16,24-25,30H,2,5,10-11H2,1,3-4H3. The second-order valence-electron chi connectivity index (χ2n) is 8.56. The van der Waals surface area contributed by atoms with Crippen LogP contribution in [-0.2, 0) is 14.3 Å². The molecule has 0 radical (unpaired) electrons. The van der Waals surface area contributed by atoms with Gasteiger partial charge in [-0.15, -0.1) is 0 Å². The Labute approximate surface area is 214 Å². The Kier molecular flexibility index (Phi) is 7.43. The molecule has 2 aromatic rings. The largest absolute Gasteiger partial charge is 0.493 e. The van der Waals surface area contributed by atoms with Crippen LogP contribution in [0.4, 0.5) is 0 Å². The van der Waals surface area contributed by atoms with E-state index in [1.54, 1.807) is 39.3 Å². The summed E-state index contributed by atoms with van der Waals surface area (Å²) in [7, 11) is 3.16. The van der Waals surface area contributed by atoms with Gasteiger partial charge in [0.1, 0.15) is 5.92 Å². The van der Waals surface area contributed by atoms with Crippen molar-refractivity contribution in [2.45, 2.75) is 31.6 Å². The maximum absolute atomic E-state index is 13.7. The summed E-state index contributed by atoms with van der Waals surface area (Å²) < 4.78 is 16.1. The first-order chi connectivity index (χ1) is 16.8. The Hall–Kier alpha value is -2.96. The first kappa shape index (κ1) is 25.1. The molecule has 1 heterocycles. The molecule has 0 aromatic heterocycles. The predicted molar refractivity (Wildman–Crippen MR) is 135 cm³/mol. The lowest BCUT2D eigenvalue weighted by Crippen LogP contribution is -2.42. The highest BCUT2D eigenvalue weighted by molar-refractivity contribution is 6.35. The quantitative estimate of drug-likeness (QED) is 0.490. The molecule has 6 nitrogen and oxygen atoms in total. The van der Waals surface area contributed by atoms with E-state index in [4.69, 9.17) is 37.4 Å². The molecule has 1 aliphatic heterocycles. The number of Topliss-reactive ketones (excluding diaryl/α,β-unsaturated/α-hetero) is 1. The van der Waals surface area contributed by atoms with E-state index in [0.717, 1.165) is 11.3 Å². The molecule has 3 unspecified atom stereocenters. The number of nitrogens with one attached hydrogen (secondary N) is 1. The Bertz CT molecular complexity index is 1220. The van der Waals surface area contributed by atoms with Gasteiger partial charge in [-0.25, -0.2) is 0 Å². The fourth-order valence-electron chi connectivity index (χ4n) is 4.99. The molecule has 4 rings (SSSR count). The number of hydrogen-bond donors (Lipinski definition) is 1. The van der Waals surface area contributed by atoms with Crippen molar-refractivity contribution in [1.82, 2.24) is 5.32 Å². The summed E-state index contributed by atoms with van der Waals surface area (Å²) in [5.74, 6) is -0.792. The number of allylic oxidation sites excluding steroid dienone is 2. The summed E-state index contributed by atoms with van der Waals surface area (Å²) >= 11 is 12.7. The molecule has 0 fully saturated rings. The molecular formula is C27H27Cl2NO5. The normalized spacial score (nSPS) is 21.8. The summed E-state index contributed by atoms with van der Waals surface area (Å²) in [6, 6.07) is 10.8. The molecule has 0 spiro atoms. The van der Waals surface area contributed by atoms with E-state index in [0.29, 0.717) is 44.8 Å². The molecule has 0 amide bonds. The molecule has 0 bridgehead atoms. The molecule has 1 aliphatic carbocycles. The highest BCUT2D eigenvalue weighted by atomic mass is 35.5. The zero-order valence-corrected chi connectivity index (χ0v) is 21.3. The third kappa shape index (κ3) is 4.78. The average Bonchev–Trinajstić information content (AvgIpc) is 2.82. The second kappa shape index (κ2) is 10.3. The summed E-state index contributed by atoms with van der Waals surface area (Å²) in [6.45, 7) is 6.08. The van der Waals surface area contributed by atoms with Crippen LogP contribution in [0.2, 0.25) is 10.0 Å². The SMILES string of the molecule is C=C1NC2=C(C(=O)CC(c3ccc(OC)c(OC)c3)C2)C(c2ccc(Cl)cc2Cl)C1C(=O)OCC. The number of carbonyl (C=O) groups is 2. The first-order valence-electron chi connectivity index (χ1n) is 11.3. The van der Waals surface area contributed by atoms with E-state index >= 15 is 0 Å². The van der Waals surface area contributed by atoms with E-state index in [1.165, 1.54) is 0 Å². The van der Waals surface area contributed by atoms with Crippen LogP contribution in [-0.4, -0.2) is 32.6 Å². The number of methoxy groups -OCH3 is 2. The lowest BCUT2D eigenvalue weighted by atomic mass is 9.69. The zero-order valence-electron chi connectivity index (χ0n) is 19.8. The van der Waals surface area contributed by atoms with Crippen molar-refractivity contribution in [1.29, 1.82) is 0 Å². The Morgan fingerprint density at radius 1 is 1.09 bits per heavy atom. The maximum atomic E-state index is 13.7. The fraction of sp³-hybridized carbons (Fsp3) is 0.333. The number of halogens is 2. The van der Waals surface area contributed by atoms with Crippen LogP contribution < -0.4 is 14.8 Å². The minimum absolute atomic E-state index is 0.0589. The van der Waals surface area contributed by atoms with Gasteiger partial charge in [0.15, 0.2) is 17.3 Å². The minimum atomic E-state index is -0.797. The summed E-state index contributed by atoms with van der Waals surface area (Å²) in [5.41, 5.74) is 3.35. The van der Waals surface area contributed by atoms with Gasteiger partial charge in [-0.3, -0.25) is 9.59 Å². The molecule has 35 heavy (non-hydrogen) atoms. The molecule has 0 saturated carbocycles. The number of carbonyl (C=O) groups excluding carboxylic acids is 2. The molecule has 2 aliphatic rings. The second-order valence-corrected chi connectivity index (χ2v) is 9.40. The Morgan fingerprint density at radius 3 is 2.49 bits per heavy atom. The minimum Gasteiger partial charge on any atom is -0.493 e. The smallest absolute Gasteiger partial charge is 0.315 e. The predicted octanol–water partition coefficient (Wildman–Crippen LogP) is 5.79.